The standard InChI is InChI=1S/C25H26N2O4/c1-3-30-14-15-31-23-13-5-4-12-22(23)25(29)27-21-11-7-9-19(17-21)24(28)26-20-10-6-8-18(2)16-20/h4-13,16-17H,3,14-15H2,1-2H3,(H,26,28)(H,27,29). The molecule has 0 aliphatic heterocycles. The summed E-state index contributed by atoms with van der Waals surface area (Å²) in [6.45, 7) is 5.29. The van der Waals surface area contributed by atoms with E-state index in [1.54, 1.807) is 42.5 Å². The third-order valence-electron chi connectivity index (χ3n) is 4.48. The molecule has 3 aromatic rings. The van der Waals surface area contributed by atoms with E-state index in [1.807, 2.05) is 44.2 Å². The minimum absolute atomic E-state index is 0.249. The summed E-state index contributed by atoms with van der Waals surface area (Å²) in [5, 5.41) is 5.71. The second kappa shape index (κ2) is 10.9. The van der Waals surface area contributed by atoms with Gasteiger partial charge < -0.3 is 20.1 Å². The molecule has 0 saturated heterocycles. The molecule has 160 valence electrons. The average molecular weight is 418 g/mol. The summed E-state index contributed by atoms with van der Waals surface area (Å²) in [5.74, 6) is -0.0855. The minimum atomic E-state index is -0.316. The Kier molecular flexibility index (Phi) is 7.79. The molecular formula is C25H26N2O4. The summed E-state index contributed by atoms with van der Waals surface area (Å²) in [4.78, 5) is 25.4. The van der Waals surface area contributed by atoms with Crippen molar-refractivity contribution in [2.75, 3.05) is 30.5 Å². The molecule has 3 rings (SSSR count). The van der Waals surface area contributed by atoms with Gasteiger partial charge in [-0.2, -0.15) is 0 Å². The van der Waals surface area contributed by atoms with Gasteiger partial charge in [0.15, 0.2) is 0 Å². The van der Waals surface area contributed by atoms with Crippen LogP contribution >= 0.6 is 0 Å². The maximum atomic E-state index is 12.8. The average Bonchev–Trinajstić information content (AvgIpc) is 2.77. The van der Waals surface area contributed by atoms with Crippen LogP contribution in [0.4, 0.5) is 11.4 Å². The Morgan fingerprint density at radius 2 is 1.52 bits per heavy atom. The topological polar surface area (TPSA) is 76.7 Å². The number of nitrogens with one attached hydrogen (secondary N) is 2. The molecular weight excluding hydrogens is 392 g/mol. The van der Waals surface area contributed by atoms with Crippen molar-refractivity contribution in [2.45, 2.75) is 13.8 Å². The Balaban J connectivity index is 1.68. The Labute approximate surface area is 182 Å². The highest BCUT2D eigenvalue weighted by molar-refractivity contribution is 6.08. The molecule has 0 fully saturated rings. The van der Waals surface area contributed by atoms with Crippen LogP contribution in [0, 0.1) is 6.92 Å². The van der Waals surface area contributed by atoms with Gasteiger partial charge in [0.05, 0.1) is 12.2 Å². The fourth-order valence-electron chi connectivity index (χ4n) is 3.00. The number of carbonyl (C=O) groups is 2. The number of benzene rings is 3. The number of anilines is 2. The molecule has 0 spiro atoms. The Morgan fingerprint density at radius 1 is 0.806 bits per heavy atom. The lowest BCUT2D eigenvalue weighted by Gasteiger charge is -2.12. The minimum Gasteiger partial charge on any atom is -0.490 e. The third-order valence-corrected chi connectivity index (χ3v) is 4.48. The Bertz CT molecular complexity index is 1050. The number of hydrogen-bond donors (Lipinski definition) is 2. The predicted molar refractivity (Wildman–Crippen MR) is 122 cm³/mol. The first-order valence-corrected chi connectivity index (χ1v) is 10.2. The van der Waals surface area contributed by atoms with Crippen molar-refractivity contribution >= 4 is 23.2 Å². The van der Waals surface area contributed by atoms with Gasteiger partial charge in [-0.15, -0.1) is 0 Å². The zero-order valence-electron chi connectivity index (χ0n) is 17.7. The van der Waals surface area contributed by atoms with E-state index in [0.717, 1.165) is 11.3 Å². The first-order chi connectivity index (χ1) is 15.1. The normalized spacial score (nSPS) is 10.4. The molecule has 0 aliphatic carbocycles. The lowest BCUT2D eigenvalue weighted by atomic mass is 10.1. The van der Waals surface area contributed by atoms with Crippen molar-refractivity contribution in [2.24, 2.45) is 0 Å². The van der Waals surface area contributed by atoms with Crippen LogP contribution in [0.1, 0.15) is 33.2 Å². The summed E-state index contributed by atoms with van der Waals surface area (Å²) < 4.78 is 11.0. The molecule has 0 radical (unpaired) electrons. The number of para-hydroxylation sites is 1. The van der Waals surface area contributed by atoms with Crippen LogP contribution in [0.3, 0.4) is 0 Å². The summed E-state index contributed by atoms with van der Waals surface area (Å²) >= 11 is 0. The highest BCUT2D eigenvalue weighted by atomic mass is 16.5. The largest absolute Gasteiger partial charge is 0.490 e. The summed E-state index contributed by atoms with van der Waals surface area (Å²) in [7, 11) is 0. The maximum Gasteiger partial charge on any atom is 0.259 e. The highest BCUT2D eigenvalue weighted by Gasteiger charge is 2.14. The number of rotatable bonds is 9. The molecule has 0 unspecified atom stereocenters. The van der Waals surface area contributed by atoms with Crippen molar-refractivity contribution in [3.8, 4) is 5.75 Å². The fraction of sp³-hybridized carbons (Fsp3) is 0.200. The number of amides is 2. The maximum absolute atomic E-state index is 12.8. The first kappa shape index (κ1) is 22.1. The van der Waals surface area contributed by atoms with E-state index in [4.69, 9.17) is 9.47 Å². The van der Waals surface area contributed by atoms with E-state index in [9.17, 15) is 9.59 Å². The SMILES string of the molecule is CCOCCOc1ccccc1C(=O)Nc1cccc(C(=O)Nc2cccc(C)c2)c1. The predicted octanol–water partition coefficient (Wildman–Crippen LogP) is 4.91. The van der Waals surface area contributed by atoms with Gasteiger partial charge in [-0.3, -0.25) is 9.59 Å². The quantitative estimate of drug-likeness (QED) is 0.484. The van der Waals surface area contributed by atoms with Crippen LogP contribution in [0.2, 0.25) is 0 Å². The van der Waals surface area contributed by atoms with Gasteiger partial charge in [-0.25, -0.2) is 0 Å². The second-order valence-electron chi connectivity index (χ2n) is 6.90. The van der Waals surface area contributed by atoms with Gasteiger partial charge >= 0.3 is 0 Å². The molecule has 2 amide bonds. The summed E-state index contributed by atoms with van der Waals surface area (Å²) in [5.41, 5.74) is 3.15. The van der Waals surface area contributed by atoms with E-state index in [-0.39, 0.29) is 11.8 Å². The molecule has 0 aromatic heterocycles. The van der Waals surface area contributed by atoms with E-state index in [1.165, 1.54) is 0 Å². The van der Waals surface area contributed by atoms with Crippen molar-refractivity contribution < 1.29 is 19.1 Å². The molecule has 0 saturated carbocycles. The van der Waals surface area contributed by atoms with Crippen LogP contribution < -0.4 is 15.4 Å². The van der Waals surface area contributed by atoms with Gasteiger partial charge in [-0.05, 0) is 61.9 Å². The van der Waals surface area contributed by atoms with Gasteiger partial charge in [-0.1, -0.05) is 30.3 Å². The van der Waals surface area contributed by atoms with Gasteiger partial charge in [0.25, 0.3) is 11.8 Å². The zero-order chi connectivity index (χ0) is 22.1. The fourth-order valence-corrected chi connectivity index (χ4v) is 3.00. The highest BCUT2D eigenvalue weighted by Crippen LogP contribution is 2.21. The smallest absolute Gasteiger partial charge is 0.259 e. The van der Waals surface area contributed by atoms with Crippen LogP contribution in [-0.4, -0.2) is 31.6 Å². The summed E-state index contributed by atoms with van der Waals surface area (Å²) in [6, 6.07) is 21.4. The van der Waals surface area contributed by atoms with Gasteiger partial charge in [0, 0.05) is 23.5 Å². The van der Waals surface area contributed by atoms with Crippen molar-refractivity contribution in [3.63, 3.8) is 0 Å². The second-order valence-corrected chi connectivity index (χ2v) is 6.90. The van der Waals surface area contributed by atoms with E-state index in [0.29, 0.717) is 42.4 Å². The molecule has 31 heavy (non-hydrogen) atoms. The lowest BCUT2D eigenvalue weighted by Crippen LogP contribution is -2.16. The molecule has 6 nitrogen and oxygen atoms in total. The van der Waals surface area contributed by atoms with Crippen molar-refractivity contribution in [3.05, 3.63) is 89.5 Å². The number of aryl methyl sites for hydroxylation is 1. The van der Waals surface area contributed by atoms with E-state index in [2.05, 4.69) is 10.6 Å². The number of ether oxygens (including phenoxy) is 2. The number of hydrogen-bond acceptors (Lipinski definition) is 4. The zero-order valence-corrected chi connectivity index (χ0v) is 17.7. The van der Waals surface area contributed by atoms with Crippen LogP contribution in [0.25, 0.3) is 0 Å². The van der Waals surface area contributed by atoms with Crippen LogP contribution in [-0.2, 0) is 4.74 Å². The van der Waals surface area contributed by atoms with Crippen molar-refractivity contribution in [1.82, 2.24) is 0 Å². The monoisotopic (exact) mass is 418 g/mol. The molecule has 0 heterocycles. The molecule has 0 aliphatic rings. The Hall–Kier alpha value is -3.64. The third kappa shape index (κ3) is 6.42. The van der Waals surface area contributed by atoms with E-state index >= 15 is 0 Å². The van der Waals surface area contributed by atoms with Crippen LogP contribution in [0.5, 0.6) is 5.75 Å². The molecule has 3 aromatic carbocycles. The van der Waals surface area contributed by atoms with Crippen LogP contribution in [0.15, 0.2) is 72.8 Å². The molecule has 2 N–H and O–H groups in total. The van der Waals surface area contributed by atoms with E-state index < -0.39 is 0 Å². The first-order valence-electron chi connectivity index (χ1n) is 10.2. The number of carbonyl (C=O) groups excluding carboxylic acids is 2. The molecule has 6 heteroatoms. The summed E-state index contributed by atoms with van der Waals surface area (Å²) in [6.07, 6.45) is 0. The lowest BCUT2D eigenvalue weighted by molar-refractivity contribution is 0.0995. The molecule has 0 atom stereocenters. The van der Waals surface area contributed by atoms with Gasteiger partial charge in [0.1, 0.15) is 12.4 Å². The van der Waals surface area contributed by atoms with Crippen molar-refractivity contribution in [1.29, 1.82) is 0 Å². The molecule has 0 bridgehead atoms. The Morgan fingerprint density at radius 3 is 2.29 bits per heavy atom. The van der Waals surface area contributed by atoms with Gasteiger partial charge in [0.2, 0.25) is 0 Å².